The molecule has 124 valence electrons. The molecule has 0 saturated heterocycles. The first-order valence-electron chi connectivity index (χ1n) is 6.70. The Morgan fingerprint density at radius 1 is 0.696 bits per heavy atom. The lowest BCUT2D eigenvalue weighted by molar-refractivity contribution is -0.138. The van der Waals surface area contributed by atoms with Crippen molar-refractivity contribution in [2.75, 3.05) is 6.54 Å². The molecule has 0 atom stereocenters. The molecule has 7 heteroatoms. The lowest BCUT2D eigenvalue weighted by Gasteiger charge is -2.13. The zero-order valence-electron chi connectivity index (χ0n) is 11.8. The van der Waals surface area contributed by atoms with Crippen LogP contribution < -0.4 is 5.73 Å². The van der Waals surface area contributed by atoms with Crippen molar-refractivity contribution < 1.29 is 26.3 Å². The topological polar surface area (TPSA) is 26.0 Å². The molecule has 2 aromatic rings. The quantitative estimate of drug-likeness (QED) is 0.795. The molecule has 0 aromatic heterocycles. The molecule has 2 aromatic carbocycles. The molecule has 0 saturated carbocycles. The molecule has 0 fully saturated rings. The van der Waals surface area contributed by atoms with Gasteiger partial charge in [-0.05, 0) is 53.9 Å². The third-order valence-electron chi connectivity index (χ3n) is 3.30. The lowest BCUT2D eigenvalue weighted by Crippen LogP contribution is -2.08. The van der Waals surface area contributed by atoms with Gasteiger partial charge in [0.05, 0.1) is 11.1 Å². The minimum absolute atomic E-state index is 0.174. The minimum atomic E-state index is -4.54. The number of benzene rings is 2. The van der Waals surface area contributed by atoms with Crippen molar-refractivity contribution in [3.05, 3.63) is 59.2 Å². The Bertz CT molecular complexity index is 670. The largest absolute Gasteiger partial charge is 0.416 e. The average Bonchev–Trinajstić information content (AvgIpc) is 2.45. The Labute approximate surface area is 128 Å². The van der Waals surface area contributed by atoms with E-state index in [0.717, 1.165) is 36.4 Å². The summed E-state index contributed by atoms with van der Waals surface area (Å²) in [4.78, 5) is 0. The molecule has 0 aliphatic heterocycles. The molecule has 0 bridgehead atoms. The van der Waals surface area contributed by atoms with Crippen LogP contribution in [-0.4, -0.2) is 6.54 Å². The maximum Gasteiger partial charge on any atom is 0.416 e. The predicted molar refractivity (Wildman–Crippen MR) is 74.6 cm³/mol. The zero-order valence-corrected chi connectivity index (χ0v) is 11.8. The van der Waals surface area contributed by atoms with Crippen LogP contribution in [0.1, 0.15) is 16.7 Å². The number of nitrogens with two attached hydrogens (primary N) is 1. The summed E-state index contributed by atoms with van der Waals surface area (Å²) >= 11 is 0. The van der Waals surface area contributed by atoms with Crippen LogP contribution in [0, 0.1) is 0 Å². The van der Waals surface area contributed by atoms with Gasteiger partial charge in [0, 0.05) is 0 Å². The Morgan fingerprint density at radius 2 is 1.26 bits per heavy atom. The van der Waals surface area contributed by atoms with Gasteiger partial charge in [-0.3, -0.25) is 0 Å². The van der Waals surface area contributed by atoms with Crippen LogP contribution in [0.5, 0.6) is 0 Å². The van der Waals surface area contributed by atoms with E-state index < -0.39 is 23.5 Å². The van der Waals surface area contributed by atoms with Crippen molar-refractivity contribution in [3.8, 4) is 11.1 Å². The van der Waals surface area contributed by atoms with E-state index in [1.165, 1.54) is 6.07 Å². The van der Waals surface area contributed by atoms with E-state index in [1.807, 2.05) is 0 Å². The first kappa shape index (κ1) is 17.3. The molecule has 0 radical (unpaired) electrons. The van der Waals surface area contributed by atoms with Gasteiger partial charge in [-0.2, -0.15) is 26.3 Å². The van der Waals surface area contributed by atoms with Crippen LogP contribution in [0.25, 0.3) is 11.1 Å². The van der Waals surface area contributed by atoms with Crippen molar-refractivity contribution >= 4 is 0 Å². The molecule has 0 heterocycles. The van der Waals surface area contributed by atoms with Crippen LogP contribution in [0.15, 0.2) is 42.5 Å². The van der Waals surface area contributed by atoms with Crippen molar-refractivity contribution in [1.29, 1.82) is 0 Å². The smallest absolute Gasteiger partial charge is 0.330 e. The first-order chi connectivity index (χ1) is 10.6. The monoisotopic (exact) mass is 333 g/mol. The van der Waals surface area contributed by atoms with Crippen LogP contribution in [-0.2, 0) is 18.8 Å². The number of hydrogen-bond acceptors (Lipinski definition) is 1. The molecule has 23 heavy (non-hydrogen) atoms. The predicted octanol–water partition coefficient (Wildman–Crippen LogP) is 4.89. The molecule has 2 N–H and O–H groups in total. The summed E-state index contributed by atoms with van der Waals surface area (Å²) in [6, 6.07) is 7.43. The lowest BCUT2D eigenvalue weighted by atomic mass is 9.97. The standard InChI is InChI=1S/C16H13F6N/c17-15(18,19)13-3-1-11(2-4-13)12-7-10(5-6-23)8-14(9-12)16(20,21)22/h1-4,7-9H,5-6,23H2. The summed E-state index contributed by atoms with van der Waals surface area (Å²) in [6.45, 7) is 0.174. The van der Waals surface area contributed by atoms with Gasteiger partial charge in [0.25, 0.3) is 0 Å². The van der Waals surface area contributed by atoms with E-state index in [1.54, 1.807) is 0 Å². The van der Waals surface area contributed by atoms with Crippen molar-refractivity contribution in [1.82, 2.24) is 0 Å². The summed E-state index contributed by atoms with van der Waals surface area (Å²) in [5, 5.41) is 0. The van der Waals surface area contributed by atoms with Gasteiger partial charge in [-0.15, -0.1) is 0 Å². The highest BCUT2D eigenvalue weighted by Crippen LogP contribution is 2.35. The fourth-order valence-corrected chi connectivity index (χ4v) is 2.18. The Kier molecular flexibility index (Phi) is 4.70. The highest BCUT2D eigenvalue weighted by molar-refractivity contribution is 5.66. The Hall–Kier alpha value is -2.02. The van der Waals surface area contributed by atoms with Gasteiger partial charge in [0.2, 0.25) is 0 Å². The third-order valence-corrected chi connectivity index (χ3v) is 3.30. The number of halogens is 6. The van der Waals surface area contributed by atoms with Crippen LogP contribution in [0.3, 0.4) is 0 Å². The number of alkyl halides is 6. The van der Waals surface area contributed by atoms with Crippen LogP contribution in [0.4, 0.5) is 26.3 Å². The minimum Gasteiger partial charge on any atom is -0.330 e. The molecule has 0 aliphatic carbocycles. The molecule has 0 amide bonds. The average molecular weight is 333 g/mol. The molecule has 0 unspecified atom stereocenters. The van der Waals surface area contributed by atoms with Crippen molar-refractivity contribution in [2.24, 2.45) is 5.73 Å². The summed E-state index contributed by atoms with van der Waals surface area (Å²) in [6.07, 6.45) is -8.78. The van der Waals surface area contributed by atoms with Gasteiger partial charge < -0.3 is 5.73 Å². The van der Waals surface area contributed by atoms with Gasteiger partial charge in [0.15, 0.2) is 0 Å². The van der Waals surface area contributed by atoms with Crippen LogP contribution in [0.2, 0.25) is 0 Å². The number of rotatable bonds is 3. The third kappa shape index (κ3) is 4.25. The summed E-state index contributed by atoms with van der Waals surface area (Å²) in [5.41, 5.74) is 4.54. The molecule has 1 nitrogen and oxygen atoms in total. The Balaban J connectivity index is 2.47. The van der Waals surface area contributed by atoms with Gasteiger partial charge >= 0.3 is 12.4 Å². The molecular formula is C16H13F6N. The second-order valence-corrected chi connectivity index (χ2v) is 5.03. The zero-order chi connectivity index (χ0) is 17.3. The summed E-state index contributed by atoms with van der Waals surface area (Å²) in [7, 11) is 0. The molecule has 0 spiro atoms. The van der Waals surface area contributed by atoms with E-state index >= 15 is 0 Å². The second-order valence-electron chi connectivity index (χ2n) is 5.03. The fraction of sp³-hybridized carbons (Fsp3) is 0.250. The number of hydrogen-bond donors (Lipinski definition) is 1. The fourth-order valence-electron chi connectivity index (χ4n) is 2.18. The summed E-state index contributed by atoms with van der Waals surface area (Å²) in [5.74, 6) is 0. The van der Waals surface area contributed by atoms with E-state index in [4.69, 9.17) is 5.73 Å². The SMILES string of the molecule is NCCc1cc(-c2ccc(C(F)(F)F)cc2)cc(C(F)(F)F)c1. The van der Waals surface area contributed by atoms with Crippen molar-refractivity contribution in [2.45, 2.75) is 18.8 Å². The molecular weight excluding hydrogens is 320 g/mol. The highest BCUT2D eigenvalue weighted by Gasteiger charge is 2.32. The highest BCUT2D eigenvalue weighted by atomic mass is 19.4. The van der Waals surface area contributed by atoms with E-state index in [9.17, 15) is 26.3 Å². The molecule has 2 rings (SSSR count). The van der Waals surface area contributed by atoms with E-state index in [0.29, 0.717) is 5.56 Å². The normalized spacial score (nSPS) is 12.5. The Morgan fingerprint density at radius 3 is 1.74 bits per heavy atom. The second kappa shape index (κ2) is 6.23. The molecule has 0 aliphatic rings. The van der Waals surface area contributed by atoms with E-state index in [-0.39, 0.29) is 24.1 Å². The van der Waals surface area contributed by atoms with Gasteiger partial charge in [0.1, 0.15) is 0 Å². The first-order valence-corrected chi connectivity index (χ1v) is 6.70. The van der Waals surface area contributed by atoms with Crippen molar-refractivity contribution in [3.63, 3.8) is 0 Å². The maximum atomic E-state index is 12.9. The summed E-state index contributed by atoms with van der Waals surface area (Å²) < 4.78 is 76.5. The van der Waals surface area contributed by atoms with E-state index in [2.05, 4.69) is 0 Å². The van der Waals surface area contributed by atoms with Gasteiger partial charge in [-0.1, -0.05) is 18.2 Å². The van der Waals surface area contributed by atoms with Crippen LogP contribution >= 0.6 is 0 Å². The van der Waals surface area contributed by atoms with Gasteiger partial charge in [-0.25, -0.2) is 0 Å². The maximum absolute atomic E-state index is 12.9.